The summed E-state index contributed by atoms with van der Waals surface area (Å²) in [6, 6.07) is 20.2. The second-order valence-corrected chi connectivity index (χ2v) is 7.41. The van der Waals surface area contributed by atoms with Crippen LogP contribution in [0.1, 0.15) is 21.6 Å². The van der Waals surface area contributed by atoms with E-state index in [1.807, 2.05) is 44.2 Å². The van der Waals surface area contributed by atoms with Crippen molar-refractivity contribution in [2.24, 2.45) is 0 Å². The van der Waals surface area contributed by atoms with Crippen molar-refractivity contribution < 1.29 is 4.79 Å². The molecule has 1 N–H and O–H groups in total. The molecule has 1 aliphatic rings. The lowest BCUT2D eigenvalue weighted by atomic mass is 10.1. The molecule has 148 valence electrons. The Labute approximate surface area is 172 Å². The van der Waals surface area contributed by atoms with Gasteiger partial charge >= 0.3 is 0 Å². The number of pyridine rings is 1. The number of nitrogens with one attached hydrogen (secondary N) is 1. The van der Waals surface area contributed by atoms with E-state index in [9.17, 15) is 4.79 Å². The number of nitrogens with zero attached hydrogens (tertiary/aromatic N) is 3. The molecule has 1 aromatic heterocycles. The molecule has 29 heavy (non-hydrogen) atoms. The molecule has 0 atom stereocenters. The van der Waals surface area contributed by atoms with Crippen molar-refractivity contribution in [2.75, 3.05) is 41.3 Å². The van der Waals surface area contributed by atoms with E-state index in [0.717, 1.165) is 48.7 Å². The first-order valence-corrected chi connectivity index (χ1v) is 10.0. The van der Waals surface area contributed by atoms with Crippen LogP contribution in [0.5, 0.6) is 0 Å². The topological polar surface area (TPSA) is 48.5 Å². The summed E-state index contributed by atoms with van der Waals surface area (Å²) in [5.74, 6) is -0.181. The molecule has 5 heteroatoms. The monoisotopic (exact) mass is 386 g/mol. The van der Waals surface area contributed by atoms with Crippen molar-refractivity contribution >= 4 is 23.0 Å². The van der Waals surface area contributed by atoms with E-state index in [0.29, 0.717) is 5.69 Å². The van der Waals surface area contributed by atoms with Crippen LogP contribution in [0.15, 0.2) is 66.9 Å². The lowest BCUT2D eigenvalue weighted by Gasteiger charge is -2.37. The van der Waals surface area contributed by atoms with Crippen LogP contribution in [0.3, 0.4) is 0 Å². The van der Waals surface area contributed by atoms with Gasteiger partial charge in [0, 0.05) is 37.6 Å². The van der Waals surface area contributed by atoms with Gasteiger partial charge in [-0.3, -0.25) is 4.79 Å². The number of carbonyl (C=O) groups is 1. The van der Waals surface area contributed by atoms with Crippen molar-refractivity contribution in [2.45, 2.75) is 13.8 Å². The van der Waals surface area contributed by atoms with Gasteiger partial charge in [0.1, 0.15) is 5.69 Å². The van der Waals surface area contributed by atoms with Crippen LogP contribution >= 0.6 is 0 Å². The summed E-state index contributed by atoms with van der Waals surface area (Å²) in [5, 5.41) is 2.97. The van der Waals surface area contributed by atoms with Crippen LogP contribution < -0.4 is 15.1 Å². The fraction of sp³-hybridized carbons (Fsp3) is 0.250. The van der Waals surface area contributed by atoms with Crippen molar-refractivity contribution in [3.8, 4) is 0 Å². The van der Waals surface area contributed by atoms with Gasteiger partial charge in [-0.05, 0) is 55.3 Å². The predicted octanol–water partition coefficient (Wildman–Crippen LogP) is 4.28. The van der Waals surface area contributed by atoms with E-state index in [1.54, 1.807) is 12.3 Å². The number of amides is 1. The maximum Gasteiger partial charge on any atom is 0.274 e. The number of benzene rings is 2. The largest absolute Gasteiger partial charge is 0.368 e. The number of hydrogen-bond acceptors (Lipinski definition) is 4. The van der Waals surface area contributed by atoms with Gasteiger partial charge in [-0.1, -0.05) is 30.3 Å². The van der Waals surface area contributed by atoms with Gasteiger partial charge in [0.15, 0.2) is 0 Å². The molecule has 1 saturated heterocycles. The van der Waals surface area contributed by atoms with E-state index < -0.39 is 0 Å². The Bertz CT molecular complexity index is 978. The average Bonchev–Trinajstić information content (AvgIpc) is 2.78. The predicted molar refractivity (Wildman–Crippen MR) is 119 cm³/mol. The smallest absolute Gasteiger partial charge is 0.274 e. The number of rotatable bonds is 4. The normalized spacial score (nSPS) is 14.0. The molecule has 4 rings (SSSR count). The highest BCUT2D eigenvalue weighted by atomic mass is 16.1. The van der Waals surface area contributed by atoms with E-state index >= 15 is 0 Å². The Kier molecular flexibility index (Phi) is 5.47. The summed E-state index contributed by atoms with van der Waals surface area (Å²) in [6.45, 7) is 7.86. The Balaban J connectivity index is 1.38. The molecule has 1 fully saturated rings. The molecule has 0 radical (unpaired) electrons. The molecular formula is C24H26N4O. The van der Waals surface area contributed by atoms with Crippen molar-refractivity contribution in [3.63, 3.8) is 0 Å². The van der Waals surface area contributed by atoms with Crippen LogP contribution in [-0.2, 0) is 0 Å². The lowest BCUT2D eigenvalue weighted by molar-refractivity contribution is 0.102. The van der Waals surface area contributed by atoms with Crippen molar-refractivity contribution in [1.82, 2.24) is 4.98 Å². The first-order valence-electron chi connectivity index (χ1n) is 10.0. The van der Waals surface area contributed by atoms with Gasteiger partial charge in [0.05, 0.1) is 11.9 Å². The zero-order valence-corrected chi connectivity index (χ0v) is 16.9. The molecular weight excluding hydrogens is 360 g/mol. The first kappa shape index (κ1) is 19.0. The van der Waals surface area contributed by atoms with E-state index in [1.165, 1.54) is 5.69 Å². The standard InChI is InChI=1S/C24H26N4O/c1-18-7-6-10-22(19(18)2)26-24(29)23-12-11-21(17-25-23)28-15-13-27(14-16-28)20-8-4-3-5-9-20/h3-12,17H,13-16H2,1-2H3,(H,26,29). The Morgan fingerprint density at radius 2 is 1.52 bits per heavy atom. The SMILES string of the molecule is Cc1cccc(NC(=O)c2ccc(N3CCN(c4ccccc4)CC3)cn2)c1C. The second-order valence-electron chi connectivity index (χ2n) is 7.41. The molecule has 0 unspecified atom stereocenters. The summed E-state index contributed by atoms with van der Waals surface area (Å²) < 4.78 is 0. The van der Waals surface area contributed by atoms with Gasteiger partial charge in [0.2, 0.25) is 0 Å². The summed E-state index contributed by atoms with van der Waals surface area (Å²) in [6.07, 6.45) is 1.80. The van der Waals surface area contributed by atoms with Crippen LogP contribution in [0.2, 0.25) is 0 Å². The molecule has 5 nitrogen and oxygen atoms in total. The van der Waals surface area contributed by atoms with Crippen LogP contribution in [0.4, 0.5) is 17.1 Å². The molecule has 1 aliphatic heterocycles. The van der Waals surface area contributed by atoms with Crippen molar-refractivity contribution in [1.29, 1.82) is 0 Å². The minimum absolute atomic E-state index is 0.181. The van der Waals surface area contributed by atoms with Crippen molar-refractivity contribution in [3.05, 3.63) is 83.7 Å². The Hall–Kier alpha value is -3.34. The third-order valence-corrected chi connectivity index (χ3v) is 5.60. The molecule has 1 amide bonds. The van der Waals surface area contributed by atoms with Crippen LogP contribution in [0, 0.1) is 13.8 Å². The minimum Gasteiger partial charge on any atom is -0.368 e. The highest BCUT2D eigenvalue weighted by Crippen LogP contribution is 2.21. The van der Waals surface area contributed by atoms with Crippen LogP contribution in [-0.4, -0.2) is 37.1 Å². The van der Waals surface area contributed by atoms with Gasteiger partial charge < -0.3 is 15.1 Å². The Morgan fingerprint density at radius 3 is 2.17 bits per heavy atom. The minimum atomic E-state index is -0.181. The van der Waals surface area contributed by atoms with E-state index in [4.69, 9.17) is 0 Å². The molecule has 0 bridgehead atoms. The highest BCUT2D eigenvalue weighted by Gasteiger charge is 2.18. The lowest BCUT2D eigenvalue weighted by Crippen LogP contribution is -2.46. The number of piperazine rings is 1. The van der Waals surface area contributed by atoms with Gasteiger partial charge in [-0.2, -0.15) is 0 Å². The van der Waals surface area contributed by atoms with E-state index in [2.05, 4.69) is 44.4 Å². The molecule has 0 saturated carbocycles. The van der Waals surface area contributed by atoms with Gasteiger partial charge in [-0.15, -0.1) is 0 Å². The summed E-state index contributed by atoms with van der Waals surface area (Å²) >= 11 is 0. The van der Waals surface area contributed by atoms with Gasteiger partial charge in [-0.25, -0.2) is 4.98 Å². The third kappa shape index (κ3) is 4.24. The fourth-order valence-corrected chi connectivity index (χ4v) is 3.64. The fourth-order valence-electron chi connectivity index (χ4n) is 3.64. The molecule has 0 aliphatic carbocycles. The quantitative estimate of drug-likeness (QED) is 0.727. The maximum atomic E-state index is 12.6. The summed E-state index contributed by atoms with van der Waals surface area (Å²) in [4.78, 5) is 21.7. The molecule has 0 spiro atoms. The first-order chi connectivity index (χ1) is 14.1. The zero-order chi connectivity index (χ0) is 20.2. The average molecular weight is 386 g/mol. The second kappa shape index (κ2) is 8.35. The number of anilines is 3. The maximum absolute atomic E-state index is 12.6. The number of carbonyl (C=O) groups excluding carboxylic acids is 1. The number of aromatic nitrogens is 1. The number of aryl methyl sites for hydroxylation is 1. The summed E-state index contributed by atoms with van der Waals surface area (Å²) in [7, 11) is 0. The number of para-hydroxylation sites is 1. The van der Waals surface area contributed by atoms with Crippen LogP contribution in [0.25, 0.3) is 0 Å². The third-order valence-electron chi connectivity index (χ3n) is 5.60. The number of hydrogen-bond donors (Lipinski definition) is 1. The van der Waals surface area contributed by atoms with Gasteiger partial charge in [0.25, 0.3) is 5.91 Å². The highest BCUT2D eigenvalue weighted by molar-refractivity contribution is 6.03. The zero-order valence-electron chi connectivity index (χ0n) is 16.9. The molecule has 2 aromatic carbocycles. The summed E-state index contributed by atoms with van der Waals surface area (Å²) in [5.41, 5.74) is 5.81. The Morgan fingerprint density at radius 1 is 0.828 bits per heavy atom. The van der Waals surface area contributed by atoms with E-state index in [-0.39, 0.29) is 5.91 Å². The molecule has 2 heterocycles. The molecule has 3 aromatic rings.